The number of anilines is 1. The Hall–Kier alpha value is -2.83. The molecule has 0 radical (unpaired) electrons. The van der Waals surface area contributed by atoms with Gasteiger partial charge in [0.2, 0.25) is 5.95 Å². The molecular formula is C16H18N4O3. The Morgan fingerprint density at radius 1 is 1.35 bits per heavy atom. The van der Waals surface area contributed by atoms with Crippen LogP contribution in [0, 0.1) is 0 Å². The zero-order valence-corrected chi connectivity index (χ0v) is 13.2. The Morgan fingerprint density at radius 3 is 2.74 bits per heavy atom. The van der Waals surface area contributed by atoms with Gasteiger partial charge in [0, 0.05) is 0 Å². The van der Waals surface area contributed by atoms with E-state index < -0.39 is 0 Å². The molecule has 120 valence electrons. The fourth-order valence-corrected chi connectivity index (χ4v) is 2.63. The van der Waals surface area contributed by atoms with Gasteiger partial charge in [0.1, 0.15) is 12.1 Å². The van der Waals surface area contributed by atoms with Crippen molar-refractivity contribution in [3.05, 3.63) is 41.7 Å². The molecule has 0 saturated heterocycles. The SMILES string of the molecule is CCOC(=O)C1=C(C)n2ncnc2NC1c1ccc(OC)cc1. The molecule has 7 heteroatoms. The third-order valence-electron chi connectivity index (χ3n) is 3.76. The van der Waals surface area contributed by atoms with Gasteiger partial charge < -0.3 is 14.8 Å². The number of rotatable bonds is 4. The van der Waals surface area contributed by atoms with Crippen LogP contribution in [0.3, 0.4) is 0 Å². The van der Waals surface area contributed by atoms with Gasteiger partial charge in [-0.15, -0.1) is 0 Å². The Morgan fingerprint density at radius 2 is 2.09 bits per heavy atom. The summed E-state index contributed by atoms with van der Waals surface area (Å²) in [5, 5.41) is 7.38. The summed E-state index contributed by atoms with van der Waals surface area (Å²) < 4.78 is 12.0. The average Bonchev–Trinajstić information content (AvgIpc) is 3.04. The molecule has 1 aliphatic heterocycles. The van der Waals surface area contributed by atoms with E-state index in [9.17, 15) is 4.79 Å². The van der Waals surface area contributed by atoms with Gasteiger partial charge in [0.15, 0.2) is 0 Å². The highest BCUT2D eigenvalue weighted by molar-refractivity contribution is 5.97. The summed E-state index contributed by atoms with van der Waals surface area (Å²) >= 11 is 0. The van der Waals surface area contributed by atoms with Crippen molar-refractivity contribution in [1.29, 1.82) is 0 Å². The first kappa shape index (κ1) is 15.1. The number of ether oxygens (including phenoxy) is 2. The lowest BCUT2D eigenvalue weighted by molar-refractivity contribution is -0.138. The third-order valence-corrected chi connectivity index (χ3v) is 3.76. The minimum Gasteiger partial charge on any atom is -0.497 e. The summed E-state index contributed by atoms with van der Waals surface area (Å²) in [7, 11) is 1.62. The van der Waals surface area contributed by atoms with Crippen LogP contribution in [0.2, 0.25) is 0 Å². The lowest BCUT2D eigenvalue weighted by Gasteiger charge is -2.28. The van der Waals surface area contributed by atoms with Gasteiger partial charge in [-0.1, -0.05) is 12.1 Å². The minimum absolute atomic E-state index is 0.315. The van der Waals surface area contributed by atoms with Crippen LogP contribution in [0.1, 0.15) is 25.5 Å². The zero-order chi connectivity index (χ0) is 16.4. The number of esters is 1. The van der Waals surface area contributed by atoms with Crippen molar-refractivity contribution in [3.63, 3.8) is 0 Å². The number of hydrogen-bond donors (Lipinski definition) is 1. The van der Waals surface area contributed by atoms with Gasteiger partial charge in [-0.2, -0.15) is 10.1 Å². The fourth-order valence-electron chi connectivity index (χ4n) is 2.63. The lowest BCUT2D eigenvalue weighted by Crippen LogP contribution is -2.28. The molecule has 1 aromatic carbocycles. The molecule has 2 aromatic rings. The summed E-state index contributed by atoms with van der Waals surface area (Å²) in [6.45, 7) is 3.93. The molecule has 0 fully saturated rings. The van der Waals surface area contributed by atoms with Crippen molar-refractivity contribution in [3.8, 4) is 5.75 Å². The molecule has 0 amide bonds. The molecule has 3 rings (SSSR count). The number of benzene rings is 1. The Balaban J connectivity index is 2.06. The monoisotopic (exact) mass is 314 g/mol. The van der Waals surface area contributed by atoms with Gasteiger partial charge in [-0.05, 0) is 31.5 Å². The first-order valence-corrected chi connectivity index (χ1v) is 7.34. The maximum Gasteiger partial charge on any atom is 0.338 e. The number of methoxy groups -OCH3 is 1. The highest BCUT2D eigenvalue weighted by Gasteiger charge is 2.32. The first-order chi connectivity index (χ1) is 11.2. The van der Waals surface area contributed by atoms with Gasteiger partial charge in [-0.3, -0.25) is 0 Å². The number of allylic oxidation sites excluding steroid dienone is 1. The summed E-state index contributed by atoms with van der Waals surface area (Å²) in [6, 6.07) is 7.18. The van der Waals surface area contributed by atoms with Crippen LogP contribution in [0.15, 0.2) is 36.2 Å². The number of carbonyl (C=O) groups is 1. The number of hydrogen-bond acceptors (Lipinski definition) is 6. The van der Waals surface area contributed by atoms with Crippen molar-refractivity contribution in [2.75, 3.05) is 19.0 Å². The highest BCUT2D eigenvalue weighted by atomic mass is 16.5. The first-order valence-electron chi connectivity index (χ1n) is 7.34. The van der Waals surface area contributed by atoms with E-state index in [1.165, 1.54) is 6.33 Å². The van der Waals surface area contributed by atoms with Crippen LogP contribution in [0.5, 0.6) is 5.75 Å². The lowest BCUT2D eigenvalue weighted by atomic mass is 9.96. The van der Waals surface area contributed by atoms with Gasteiger partial charge in [-0.25, -0.2) is 9.48 Å². The molecule has 0 spiro atoms. The number of carbonyl (C=O) groups excluding carboxylic acids is 1. The molecular weight excluding hydrogens is 296 g/mol. The Kier molecular flexibility index (Phi) is 4.01. The second kappa shape index (κ2) is 6.12. The van der Waals surface area contributed by atoms with E-state index in [4.69, 9.17) is 9.47 Å². The van der Waals surface area contributed by atoms with E-state index >= 15 is 0 Å². The fraction of sp³-hybridized carbons (Fsp3) is 0.312. The molecule has 1 aliphatic rings. The molecule has 1 aromatic heterocycles. The van der Waals surface area contributed by atoms with Crippen LogP contribution >= 0.6 is 0 Å². The third kappa shape index (κ3) is 2.65. The topological polar surface area (TPSA) is 78.3 Å². The molecule has 7 nitrogen and oxygen atoms in total. The summed E-state index contributed by atoms with van der Waals surface area (Å²) in [6.07, 6.45) is 1.45. The van der Waals surface area contributed by atoms with Crippen LogP contribution in [-0.4, -0.2) is 34.5 Å². The normalized spacial score (nSPS) is 16.6. The number of fused-ring (bicyclic) bond motifs is 1. The molecule has 1 atom stereocenters. The molecule has 0 saturated carbocycles. The maximum absolute atomic E-state index is 12.4. The molecule has 23 heavy (non-hydrogen) atoms. The number of nitrogens with one attached hydrogen (secondary N) is 1. The predicted octanol–water partition coefficient (Wildman–Crippen LogP) is 2.25. The van der Waals surface area contributed by atoms with E-state index in [2.05, 4.69) is 15.4 Å². The average molecular weight is 314 g/mol. The van der Waals surface area contributed by atoms with Crippen LogP contribution < -0.4 is 10.1 Å². The number of nitrogens with zero attached hydrogens (tertiary/aromatic N) is 3. The van der Waals surface area contributed by atoms with Crippen molar-refractivity contribution in [2.45, 2.75) is 19.9 Å². The molecule has 1 N–H and O–H groups in total. The van der Waals surface area contributed by atoms with Gasteiger partial charge in [0.25, 0.3) is 0 Å². The number of aromatic nitrogens is 3. The van der Waals surface area contributed by atoms with E-state index in [1.807, 2.05) is 31.2 Å². The minimum atomic E-state index is -0.362. The summed E-state index contributed by atoms with van der Waals surface area (Å²) in [5.74, 6) is 0.988. The Bertz CT molecular complexity index is 749. The smallest absolute Gasteiger partial charge is 0.338 e. The Labute approximate surface area is 133 Å². The van der Waals surface area contributed by atoms with Gasteiger partial charge >= 0.3 is 5.97 Å². The zero-order valence-electron chi connectivity index (χ0n) is 13.2. The highest BCUT2D eigenvalue weighted by Crippen LogP contribution is 2.35. The molecule has 0 bridgehead atoms. The second-order valence-electron chi connectivity index (χ2n) is 5.07. The van der Waals surface area contributed by atoms with E-state index in [-0.39, 0.29) is 12.0 Å². The van der Waals surface area contributed by atoms with E-state index in [1.54, 1.807) is 18.7 Å². The van der Waals surface area contributed by atoms with Crippen molar-refractivity contribution in [1.82, 2.24) is 14.8 Å². The second-order valence-corrected chi connectivity index (χ2v) is 5.07. The quantitative estimate of drug-likeness (QED) is 0.872. The molecule has 2 heterocycles. The predicted molar refractivity (Wildman–Crippen MR) is 84.9 cm³/mol. The standard InChI is InChI=1S/C16H18N4O3/c1-4-23-15(21)13-10(2)20-16(17-9-18-20)19-14(13)11-5-7-12(22-3)8-6-11/h5-9,14H,4H2,1-3H3,(H,17,18,19). The van der Waals surface area contributed by atoms with Crippen LogP contribution in [0.25, 0.3) is 5.70 Å². The van der Waals surface area contributed by atoms with E-state index in [0.717, 1.165) is 11.3 Å². The molecule has 0 aliphatic carbocycles. The largest absolute Gasteiger partial charge is 0.497 e. The van der Waals surface area contributed by atoms with E-state index in [0.29, 0.717) is 23.8 Å². The van der Waals surface area contributed by atoms with Crippen LogP contribution in [0.4, 0.5) is 5.95 Å². The maximum atomic E-state index is 12.4. The summed E-state index contributed by atoms with van der Waals surface area (Å²) in [5.41, 5.74) is 2.15. The molecule has 1 unspecified atom stereocenters. The van der Waals surface area contributed by atoms with Crippen molar-refractivity contribution < 1.29 is 14.3 Å². The summed E-state index contributed by atoms with van der Waals surface area (Å²) in [4.78, 5) is 16.6. The van der Waals surface area contributed by atoms with Gasteiger partial charge in [0.05, 0.1) is 31.0 Å². The van der Waals surface area contributed by atoms with Crippen molar-refractivity contribution in [2.24, 2.45) is 0 Å². The van der Waals surface area contributed by atoms with Crippen molar-refractivity contribution >= 4 is 17.6 Å². The van der Waals surface area contributed by atoms with Crippen LogP contribution in [-0.2, 0) is 9.53 Å².